The SMILES string of the molecule is CNC(=O)OC1Cc2cccc(-c3cccc(C)c3)c2O1. The van der Waals surface area contributed by atoms with Gasteiger partial charge in [0.1, 0.15) is 5.75 Å². The van der Waals surface area contributed by atoms with Crippen molar-refractivity contribution in [3.63, 3.8) is 0 Å². The van der Waals surface area contributed by atoms with E-state index in [4.69, 9.17) is 9.47 Å². The van der Waals surface area contributed by atoms with Crippen LogP contribution in [0.1, 0.15) is 11.1 Å². The predicted molar refractivity (Wildman–Crippen MR) is 80.3 cm³/mol. The Labute approximate surface area is 123 Å². The van der Waals surface area contributed by atoms with E-state index in [0.717, 1.165) is 22.4 Å². The summed E-state index contributed by atoms with van der Waals surface area (Å²) in [6, 6.07) is 14.3. The van der Waals surface area contributed by atoms with Crippen molar-refractivity contribution in [2.24, 2.45) is 0 Å². The Bertz CT molecular complexity index is 681. The second-order valence-electron chi connectivity index (χ2n) is 5.07. The van der Waals surface area contributed by atoms with Gasteiger partial charge in [-0.25, -0.2) is 4.79 Å². The minimum atomic E-state index is -0.564. The van der Waals surface area contributed by atoms with Gasteiger partial charge in [-0.2, -0.15) is 0 Å². The van der Waals surface area contributed by atoms with Crippen LogP contribution in [-0.2, 0) is 11.2 Å². The lowest BCUT2D eigenvalue weighted by Crippen LogP contribution is -2.28. The third-order valence-electron chi connectivity index (χ3n) is 3.50. The maximum Gasteiger partial charge on any atom is 0.409 e. The molecule has 0 aromatic heterocycles. The predicted octanol–water partition coefficient (Wildman–Crippen LogP) is 3.28. The van der Waals surface area contributed by atoms with E-state index in [9.17, 15) is 4.79 Å². The van der Waals surface area contributed by atoms with Gasteiger partial charge in [0.05, 0.1) is 6.42 Å². The van der Waals surface area contributed by atoms with Gasteiger partial charge in [0.2, 0.25) is 6.29 Å². The van der Waals surface area contributed by atoms with Crippen molar-refractivity contribution in [3.05, 3.63) is 53.6 Å². The Morgan fingerprint density at radius 3 is 2.86 bits per heavy atom. The number of alkyl carbamates (subject to hydrolysis) is 1. The smallest absolute Gasteiger partial charge is 0.409 e. The number of carbonyl (C=O) groups is 1. The Morgan fingerprint density at radius 1 is 1.29 bits per heavy atom. The number of rotatable bonds is 2. The fourth-order valence-electron chi connectivity index (χ4n) is 2.52. The van der Waals surface area contributed by atoms with Crippen molar-refractivity contribution in [1.29, 1.82) is 0 Å². The number of aryl methyl sites for hydroxylation is 1. The Hall–Kier alpha value is -2.49. The van der Waals surface area contributed by atoms with E-state index in [1.54, 1.807) is 0 Å². The molecule has 1 atom stereocenters. The third-order valence-corrected chi connectivity index (χ3v) is 3.50. The number of benzene rings is 2. The second-order valence-corrected chi connectivity index (χ2v) is 5.07. The Kier molecular flexibility index (Phi) is 3.52. The summed E-state index contributed by atoms with van der Waals surface area (Å²) >= 11 is 0. The number of nitrogens with one attached hydrogen (secondary N) is 1. The highest BCUT2D eigenvalue weighted by Crippen LogP contribution is 2.39. The zero-order chi connectivity index (χ0) is 14.8. The van der Waals surface area contributed by atoms with E-state index < -0.39 is 12.4 Å². The summed E-state index contributed by atoms with van der Waals surface area (Å²) in [6.45, 7) is 2.06. The summed E-state index contributed by atoms with van der Waals surface area (Å²) in [5, 5.41) is 2.43. The molecule has 0 fully saturated rings. The van der Waals surface area contributed by atoms with Gasteiger partial charge in [-0.05, 0) is 12.5 Å². The number of carbonyl (C=O) groups excluding carboxylic acids is 1. The molecule has 1 heterocycles. The molecule has 2 aromatic rings. The maximum atomic E-state index is 11.3. The van der Waals surface area contributed by atoms with Crippen molar-refractivity contribution in [3.8, 4) is 16.9 Å². The van der Waals surface area contributed by atoms with Crippen molar-refractivity contribution < 1.29 is 14.3 Å². The molecule has 2 aromatic carbocycles. The molecule has 3 rings (SSSR count). The van der Waals surface area contributed by atoms with Gasteiger partial charge < -0.3 is 14.8 Å². The average molecular weight is 283 g/mol. The second kappa shape index (κ2) is 5.48. The molecule has 1 aliphatic heterocycles. The zero-order valence-electron chi connectivity index (χ0n) is 12.1. The van der Waals surface area contributed by atoms with Crippen molar-refractivity contribution >= 4 is 6.09 Å². The minimum absolute atomic E-state index is 0.482. The highest BCUT2D eigenvalue weighted by molar-refractivity contribution is 5.73. The highest BCUT2D eigenvalue weighted by atomic mass is 16.7. The van der Waals surface area contributed by atoms with Gasteiger partial charge in [0, 0.05) is 18.2 Å². The molecule has 4 nitrogen and oxygen atoms in total. The number of hydrogen-bond acceptors (Lipinski definition) is 3. The van der Waals surface area contributed by atoms with E-state index in [-0.39, 0.29) is 0 Å². The molecule has 21 heavy (non-hydrogen) atoms. The van der Waals surface area contributed by atoms with Crippen molar-refractivity contribution in [2.45, 2.75) is 19.6 Å². The molecule has 0 radical (unpaired) electrons. The lowest BCUT2D eigenvalue weighted by Gasteiger charge is -2.13. The van der Waals surface area contributed by atoms with Crippen LogP contribution in [-0.4, -0.2) is 19.4 Å². The minimum Gasteiger partial charge on any atom is -0.453 e. The first kappa shape index (κ1) is 13.5. The zero-order valence-corrected chi connectivity index (χ0v) is 12.1. The standard InChI is InChI=1S/C17H17NO3/c1-11-5-3-6-12(9-11)14-8-4-7-13-10-15(20-16(13)14)21-17(19)18-2/h3-9,15H,10H2,1-2H3,(H,18,19). The van der Waals surface area contributed by atoms with Gasteiger partial charge >= 0.3 is 6.09 Å². The monoisotopic (exact) mass is 283 g/mol. The van der Waals surface area contributed by atoms with Crippen molar-refractivity contribution in [2.75, 3.05) is 7.05 Å². The van der Waals surface area contributed by atoms with E-state index >= 15 is 0 Å². The van der Waals surface area contributed by atoms with E-state index in [1.807, 2.05) is 24.3 Å². The summed E-state index contributed by atoms with van der Waals surface area (Å²) in [7, 11) is 1.53. The molecule has 1 unspecified atom stereocenters. The third kappa shape index (κ3) is 2.70. The van der Waals surface area contributed by atoms with Crippen LogP contribution in [0, 0.1) is 6.92 Å². The van der Waals surface area contributed by atoms with E-state index in [1.165, 1.54) is 12.6 Å². The van der Waals surface area contributed by atoms with Crippen LogP contribution < -0.4 is 10.1 Å². The molecular weight excluding hydrogens is 266 g/mol. The summed E-state index contributed by atoms with van der Waals surface area (Å²) in [5.74, 6) is 0.803. The molecule has 1 aliphatic rings. The van der Waals surface area contributed by atoms with E-state index in [2.05, 4.69) is 30.4 Å². The first-order valence-corrected chi connectivity index (χ1v) is 6.91. The molecule has 0 aliphatic carbocycles. The topological polar surface area (TPSA) is 47.6 Å². The van der Waals surface area contributed by atoms with Crippen LogP contribution in [0.4, 0.5) is 4.79 Å². The van der Waals surface area contributed by atoms with Gasteiger partial charge in [-0.15, -0.1) is 0 Å². The normalized spacial score (nSPS) is 16.0. The van der Waals surface area contributed by atoms with Gasteiger partial charge in [-0.1, -0.05) is 48.0 Å². The molecule has 1 amide bonds. The number of ether oxygens (including phenoxy) is 2. The van der Waals surface area contributed by atoms with Crippen LogP contribution in [0.3, 0.4) is 0 Å². The number of fused-ring (bicyclic) bond motifs is 1. The molecule has 0 spiro atoms. The number of para-hydroxylation sites is 1. The van der Waals surface area contributed by atoms with Crippen LogP contribution in [0.2, 0.25) is 0 Å². The fraction of sp³-hybridized carbons (Fsp3) is 0.235. The number of amides is 1. The first-order valence-electron chi connectivity index (χ1n) is 6.91. The lowest BCUT2D eigenvalue weighted by molar-refractivity contribution is -0.0153. The van der Waals surface area contributed by atoms with Gasteiger partial charge in [-0.3, -0.25) is 0 Å². The van der Waals surface area contributed by atoms with Crippen molar-refractivity contribution in [1.82, 2.24) is 5.32 Å². The largest absolute Gasteiger partial charge is 0.453 e. The lowest BCUT2D eigenvalue weighted by atomic mass is 10.00. The maximum absolute atomic E-state index is 11.3. The highest BCUT2D eigenvalue weighted by Gasteiger charge is 2.28. The van der Waals surface area contributed by atoms with Crippen LogP contribution >= 0.6 is 0 Å². The molecule has 0 saturated heterocycles. The average Bonchev–Trinajstić information content (AvgIpc) is 2.89. The van der Waals surface area contributed by atoms with Gasteiger partial charge in [0.15, 0.2) is 0 Å². The molecule has 1 N–H and O–H groups in total. The molecule has 108 valence electrons. The quantitative estimate of drug-likeness (QED) is 0.920. The van der Waals surface area contributed by atoms with Gasteiger partial charge in [0.25, 0.3) is 0 Å². The molecule has 0 saturated carbocycles. The fourth-order valence-corrected chi connectivity index (χ4v) is 2.52. The summed E-state index contributed by atoms with van der Waals surface area (Å²) in [5.41, 5.74) is 4.39. The number of hydrogen-bond donors (Lipinski definition) is 1. The summed E-state index contributed by atoms with van der Waals surface area (Å²) in [6.07, 6.45) is -0.474. The molecule has 4 heteroatoms. The van der Waals surface area contributed by atoms with E-state index in [0.29, 0.717) is 6.42 Å². The Morgan fingerprint density at radius 2 is 2.10 bits per heavy atom. The summed E-state index contributed by atoms with van der Waals surface area (Å²) < 4.78 is 11.0. The molecular formula is C17H17NO3. The first-order chi connectivity index (χ1) is 10.2. The van der Waals surface area contributed by atoms with Crippen LogP contribution in [0.5, 0.6) is 5.75 Å². The molecule has 0 bridgehead atoms. The van der Waals surface area contributed by atoms with Crippen LogP contribution in [0.25, 0.3) is 11.1 Å². The summed E-state index contributed by atoms with van der Waals surface area (Å²) in [4.78, 5) is 11.3. The van der Waals surface area contributed by atoms with Crippen LogP contribution in [0.15, 0.2) is 42.5 Å². The Balaban J connectivity index is 1.91.